The van der Waals surface area contributed by atoms with E-state index in [1.54, 1.807) is 23.5 Å². The number of hydrogen-bond acceptors (Lipinski definition) is 4. The van der Waals surface area contributed by atoms with E-state index in [-0.39, 0.29) is 16.7 Å². The summed E-state index contributed by atoms with van der Waals surface area (Å²) in [6.45, 7) is 4.16. The van der Waals surface area contributed by atoms with Crippen molar-refractivity contribution in [2.75, 3.05) is 0 Å². The number of thiophene rings is 1. The zero-order valence-electron chi connectivity index (χ0n) is 11.6. The number of hydrogen-bond donors (Lipinski definition) is 1. The van der Waals surface area contributed by atoms with Crippen molar-refractivity contribution in [1.29, 1.82) is 0 Å². The van der Waals surface area contributed by atoms with Gasteiger partial charge in [0.25, 0.3) is 5.69 Å². The zero-order chi connectivity index (χ0) is 14.5. The minimum Gasteiger partial charge on any atom is -0.307 e. The first kappa shape index (κ1) is 14.7. The van der Waals surface area contributed by atoms with Gasteiger partial charge in [0.2, 0.25) is 0 Å². The molecule has 0 fully saturated rings. The number of non-ortho nitro benzene ring substituents is 1. The normalized spacial score (nSPS) is 13.9. The lowest BCUT2D eigenvalue weighted by atomic mass is 10.0. The number of nitro groups is 1. The SMILES string of the molecule is CC(Cc1ccsc1)NC(C)c1cccc([N+](=O)[O-])c1. The van der Waals surface area contributed by atoms with Crippen molar-refractivity contribution in [2.24, 2.45) is 0 Å². The number of nitro benzene ring substituents is 1. The Labute approximate surface area is 122 Å². The van der Waals surface area contributed by atoms with Crippen molar-refractivity contribution in [3.8, 4) is 0 Å². The number of nitrogens with one attached hydrogen (secondary N) is 1. The first-order chi connectivity index (χ1) is 9.56. The second kappa shape index (κ2) is 6.63. The summed E-state index contributed by atoms with van der Waals surface area (Å²) in [5.74, 6) is 0. The van der Waals surface area contributed by atoms with Crippen LogP contribution in [-0.4, -0.2) is 11.0 Å². The van der Waals surface area contributed by atoms with E-state index >= 15 is 0 Å². The van der Waals surface area contributed by atoms with Crippen molar-refractivity contribution < 1.29 is 4.92 Å². The standard InChI is InChI=1S/C15H18N2O2S/c1-11(8-13-6-7-20-10-13)16-12(2)14-4-3-5-15(9-14)17(18)19/h3-7,9-12,16H,8H2,1-2H3. The van der Waals surface area contributed by atoms with Gasteiger partial charge < -0.3 is 5.32 Å². The van der Waals surface area contributed by atoms with Crippen LogP contribution in [0.3, 0.4) is 0 Å². The third kappa shape index (κ3) is 3.88. The molecule has 1 aromatic carbocycles. The van der Waals surface area contributed by atoms with Crippen LogP contribution in [0.4, 0.5) is 5.69 Å². The molecule has 2 aromatic rings. The second-order valence-corrected chi connectivity index (χ2v) is 5.76. The van der Waals surface area contributed by atoms with E-state index in [4.69, 9.17) is 0 Å². The minimum absolute atomic E-state index is 0.0866. The Hall–Kier alpha value is -1.72. The fourth-order valence-electron chi connectivity index (χ4n) is 2.25. The summed E-state index contributed by atoms with van der Waals surface area (Å²) in [6.07, 6.45) is 0.961. The molecule has 5 heteroatoms. The molecule has 1 aromatic heterocycles. The van der Waals surface area contributed by atoms with Crippen molar-refractivity contribution in [1.82, 2.24) is 5.32 Å². The highest BCUT2D eigenvalue weighted by Crippen LogP contribution is 2.20. The minimum atomic E-state index is -0.356. The topological polar surface area (TPSA) is 55.2 Å². The molecule has 4 nitrogen and oxygen atoms in total. The summed E-state index contributed by atoms with van der Waals surface area (Å²) in [5.41, 5.74) is 2.40. The summed E-state index contributed by atoms with van der Waals surface area (Å²) < 4.78 is 0. The Balaban J connectivity index is 1.98. The van der Waals surface area contributed by atoms with Crippen LogP contribution < -0.4 is 5.32 Å². The van der Waals surface area contributed by atoms with E-state index in [9.17, 15) is 10.1 Å². The molecule has 2 rings (SSSR count). The van der Waals surface area contributed by atoms with Crippen LogP contribution in [0, 0.1) is 10.1 Å². The largest absolute Gasteiger partial charge is 0.307 e. The van der Waals surface area contributed by atoms with Gasteiger partial charge in [-0.3, -0.25) is 10.1 Å². The predicted molar refractivity (Wildman–Crippen MR) is 82.1 cm³/mol. The maximum absolute atomic E-state index is 10.8. The molecule has 0 aliphatic rings. The van der Waals surface area contributed by atoms with Gasteiger partial charge in [0, 0.05) is 24.2 Å². The molecule has 0 bridgehead atoms. The number of nitrogens with zero attached hydrogens (tertiary/aromatic N) is 1. The third-order valence-electron chi connectivity index (χ3n) is 3.24. The van der Waals surface area contributed by atoms with E-state index in [2.05, 4.69) is 29.1 Å². The summed E-state index contributed by atoms with van der Waals surface area (Å²) in [6, 6.07) is 9.33. The molecule has 20 heavy (non-hydrogen) atoms. The van der Waals surface area contributed by atoms with Crippen LogP contribution in [0.15, 0.2) is 41.1 Å². The van der Waals surface area contributed by atoms with Gasteiger partial charge in [-0.05, 0) is 48.2 Å². The maximum Gasteiger partial charge on any atom is 0.269 e. The van der Waals surface area contributed by atoms with Crippen molar-refractivity contribution >= 4 is 17.0 Å². The van der Waals surface area contributed by atoms with Crippen molar-refractivity contribution in [3.63, 3.8) is 0 Å². The van der Waals surface area contributed by atoms with Crippen LogP contribution in [0.5, 0.6) is 0 Å². The van der Waals surface area contributed by atoms with Gasteiger partial charge in [-0.2, -0.15) is 11.3 Å². The van der Waals surface area contributed by atoms with E-state index in [0.717, 1.165) is 12.0 Å². The average molecular weight is 290 g/mol. The molecule has 0 saturated heterocycles. The fraction of sp³-hybridized carbons (Fsp3) is 0.333. The fourth-order valence-corrected chi connectivity index (χ4v) is 2.93. The lowest BCUT2D eigenvalue weighted by molar-refractivity contribution is -0.384. The van der Waals surface area contributed by atoms with Gasteiger partial charge in [-0.25, -0.2) is 0 Å². The van der Waals surface area contributed by atoms with E-state index in [0.29, 0.717) is 6.04 Å². The van der Waals surface area contributed by atoms with Crippen LogP contribution in [0.1, 0.15) is 31.0 Å². The highest BCUT2D eigenvalue weighted by Gasteiger charge is 2.13. The average Bonchev–Trinajstić information content (AvgIpc) is 2.91. The molecule has 0 saturated carbocycles. The Morgan fingerprint density at radius 2 is 2.15 bits per heavy atom. The van der Waals surface area contributed by atoms with Crippen molar-refractivity contribution in [3.05, 3.63) is 62.3 Å². The molecule has 1 N–H and O–H groups in total. The monoisotopic (exact) mass is 290 g/mol. The lowest BCUT2D eigenvalue weighted by Crippen LogP contribution is -2.30. The molecule has 1 heterocycles. The second-order valence-electron chi connectivity index (χ2n) is 4.98. The molecule has 0 aliphatic heterocycles. The molecule has 2 atom stereocenters. The summed E-state index contributed by atoms with van der Waals surface area (Å²) in [7, 11) is 0. The Morgan fingerprint density at radius 3 is 2.80 bits per heavy atom. The van der Waals surface area contributed by atoms with E-state index in [1.165, 1.54) is 11.6 Å². The van der Waals surface area contributed by atoms with Gasteiger partial charge in [0.15, 0.2) is 0 Å². The molecular weight excluding hydrogens is 272 g/mol. The summed E-state index contributed by atoms with van der Waals surface area (Å²) in [4.78, 5) is 10.4. The number of benzene rings is 1. The van der Waals surface area contributed by atoms with Gasteiger partial charge in [0.1, 0.15) is 0 Å². The van der Waals surface area contributed by atoms with Crippen LogP contribution >= 0.6 is 11.3 Å². The molecule has 0 aliphatic carbocycles. The maximum atomic E-state index is 10.8. The van der Waals surface area contributed by atoms with Crippen LogP contribution in [0.2, 0.25) is 0 Å². The van der Waals surface area contributed by atoms with E-state index < -0.39 is 0 Å². The first-order valence-corrected chi connectivity index (χ1v) is 7.52. The van der Waals surface area contributed by atoms with Crippen LogP contribution in [-0.2, 0) is 6.42 Å². The zero-order valence-corrected chi connectivity index (χ0v) is 12.4. The smallest absolute Gasteiger partial charge is 0.269 e. The van der Waals surface area contributed by atoms with Gasteiger partial charge >= 0.3 is 0 Å². The predicted octanol–water partition coefficient (Wildman–Crippen LogP) is 3.94. The van der Waals surface area contributed by atoms with Gasteiger partial charge in [0.05, 0.1) is 4.92 Å². The first-order valence-electron chi connectivity index (χ1n) is 6.57. The molecule has 106 valence electrons. The molecule has 0 spiro atoms. The summed E-state index contributed by atoms with van der Waals surface area (Å²) >= 11 is 1.70. The van der Waals surface area contributed by atoms with Gasteiger partial charge in [-0.15, -0.1) is 0 Å². The Bertz CT molecular complexity index is 569. The molecule has 0 radical (unpaired) electrons. The Morgan fingerprint density at radius 1 is 1.35 bits per heavy atom. The summed E-state index contributed by atoms with van der Waals surface area (Å²) in [5, 5.41) is 18.5. The number of rotatable bonds is 6. The highest BCUT2D eigenvalue weighted by atomic mass is 32.1. The third-order valence-corrected chi connectivity index (χ3v) is 3.97. The van der Waals surface area contributed by atoms with Crippen molar-refractivity contribution in [2.45, 2.75) is 32.4 Å². The lowest BCUT2D eigenvalue weighted by Gasteiger charge is -2.20. The molecule has 2 unspecified atom stereocenters. The van der Waals surface area contributed by atoms with Gasteiger partial charge in [-0.1, -0.05) is 12.1 Å². The van der Waals surface area contributed by atoms with Crippen LogP contribution in [0.25, 0.3) is 0 Å². The Kier molecular flexibility index (Phi) is 4.87. The molecule has 0 amide bonds. The van der Waals surface area contributed by atoms with E-state index in [1.807, 2.05) is 13.0 Å². The molecular formula is C15H18N2O2S. The highest BCUT2D eigenvalue weighted by molar-refractivity contribution is 7.07. The quantitative estimate of drug-likeness (QED) is 0.647.